The van der Waals surface area contributed by atoms with Crippen LogP contribution in [-0.2, 0) is 4.74 Å². The van der Waals surface area contributed by atoms with Crippen molar-refractivity contribution in [2.75, 3.05) is 20.3 Å². The minimum Gasteiger partial charge on any atom is -0.496 e. The van der Waals surface area contributed by atoms with Crippen LogP contribution in [0.5, 0.6) is 5.75 Å². The standard InChI is InChI=1S/C17H29NO2/c1-6-8-14(4)20-12-16(18-7-2)15-11-13(3)9-10-17(15)19-5/h9-11,14,16,18H,6-8,12H2,1-5H3. The van der Waals surface area contributed by atoms with Gasteiger partial charge in [-0.25, -0.2) is 0 Å². The molecule has 1 aromatic rings. The molecule has 1 rings (SSSR count). The molecule has 3 heteroatoms. The molecule has 0 radical (unpaired) electrons. The number of hydrogen-bond acceptors (Lipinski definition) is 3. The Balaban J connectivity index is 2.81. The predicted octanol–water partition coefficient (Wildman–Crippen LogP) is 3.86. The van der Waals surface area contributed by atoms with E-state index in [-0.39, 0.29) is 6.04 Å². The molecular weight excluding hydrogens is 250 g/mol. The summed E-state index contributed by atoms with van der Waals surface area (Å²) >= 11 is 0. The first-order chi connectivity index (χ1) is 9.62. The highest BCUT2D eigenvalue weighted by molar-refractivity contribution is 5.39. The average molecular weight is 279 g/mol. The summed E-state index contributed by atoms with van der Waals surface area (Å²) in [5, 5.41) is 3.49. The van der Waals surface area contributed by atoms with E-state index < -0.39 is 0 Å². The van der Waals surface area contributed by atoms with Gasteiger partial charge < -0.3 is 14.8 Å². The highest BCUT2D eigenvalue weighted by Gasteiger charge is 2.17. The monoisotopic (exact) mass is 279 g/mol. The van der Waals surface area contributed by atoms with Crippen LogP contribution in [0.2, 0.25) is 0 Å². The van der Waals surface area contributed by atoms with Crippen LogP contribution in [-0.4, -0.2) is 26.4 Å². The van der Waals surface area contributed by atoms with Gasteiger partial charge >= 0.3 is 0 Å². The van der Waals surface area contributed by atoms with E-state index in [1.165, 1.54) is 11.1 Å². The maximum atomic E-state index is 5.97. The summed E-state index contributed by atoms with van der Waals surface area (Å²) in [5.74, 6) is 0.924. The van der Waals surface area contributed by atoms with Crippen molar-refractivity contribution in [1.29, 1.82) is 0 Å². The number of rotatable bonds is 9. The number of hydrogen-bond donors (Lipinski definition) is 1. The van der Waals surface area contributed by atoms with Crippen molar-refractivity contribution in [2.24, 2.45) is 0 Å². The first-order valence-electron chi connectivity index (χ1n) is 7.61. The Labute approximate surface area is 123 Å². The van der Waals surface area contributed by atoms with Crippen molar-refractivity contribution in [3.05, 3.63) is 29.3 Å². The fraction of sp³-hybridized carbons (Fsp3) is 0.647. The summed E-state index contributed by atoms with van der Waals surface area (Å²) in [4.78, 5) is 0. The van der Waals surface area contributed by atoms with Gasteiger partial charge in [-0.05, 0) is 32.9 Å². The van der Waals surface area contributed by atoms with E-state index in [1.807, 2.05) is 6.07 Å². The van der Waals surface area contributed by atoms with Crippen LogP contribution in [0.15, 0.2) is 18.2 Å². The minimum atomic E-state index is 0.175. The van der Waals surface area contributed by atoms with Crippen LogP contribution in [0.4, 0.5) is 0 Å². The number of nitrogens with one attached hydrogen (secondary N) is 1. The fourth-order valence-corrected chi connectivity index (χ4v) is 2.38. The van der Waals surface area contributed by atoms with Crippen LogP contribution in [0.3, 0.4) is 0 Å². The van der Waals surface area contributed by atoms with Crippen molar-refractivity contribution in [3.8, 4) is 5.75 Å². The minimum absolute atomic E-state index is 0.175. The number of likely N-dealkylation sites (N-methyl/N-ethyl adjacent to an activating group) is 1. The maximum absolute atomic E-state index is 5.97. The third-order valence-corrected chi connectivity index (χ3v) is 3.45. The zero-order valence-electron chi connectivity index (χ0n) is 13.5. The van der Waals surface area contributed by atoms with Gasteiger partial charge in [0, 0.05) is 5.56 Å². The van der Waals surface area contributed by atoms with Crippen molar-refractivity contribution in [1.82, 2.24) is 5.32 Å². The number of methoxy groups -OCH3 is 1. The van der Waals surface area contributed by atoms with Crippen LogP contribution >= 0.6 is 0 Å². The first-order valence-corrected chi connectivity index (χ1v) is 7.61. The molecule has 0 heterocycles. The van der Waals surface area contributed by atoms with Crippen LogP contribution in [0, 0.1) is 6.92 Å². The lowest BCUT2D eigenvalue weighted by molar-refractivity contribution is 0.0438. The molecule has 20 heavy (non-hydrogen) atoms. The molecule has 0 aliphatic carbocycles. The van der Waals surface area contributed by atoms with Gasteiger partial charge in [-0.15, -0.1) is 0 Å². The van der Waals surface area contributed by atoms with E-state index >= 15 is 0 Å². The lowest BCUT2D eigenvalue weighted by Gasteiger charge is -2.23. The van der Waals surface area contributed by atoms with E-state index in [2.05, 4.69) is 45.1 Å². The smallest absolute Gasteiger partial charge is 0.123 e. The predicted molar refractivity (Wildman–Crippen MR) is 84.5 cm³/mol. The zero-order valence-corrected chi connectivity index (χ0v) is 13.5. The van der Waals surface area contributed by atoms with Crippen LogP contribution < -0.4 is 10.1 Å². The van der Waals surface area contributed by atoms with E-state index in [0.717, 1.165) is 25.1 Å². The second kappa shape index (κ2) is 8.98. The van der Waals surface area contributed by atoms with Crippen molar-refractivity contribution < 1.29 is 9.47 Å². The third-order valence-electron chi connectivity index (χ3n) is 3.45. The number of aryl methyl sites for hydroxylation is 1. The number of benzene rings is 1. The van der Waals surface area contributed by atoms with Crippen molar-refractivity contribution >= 4 is 0 Å². The molecule has 2 atom stereocenters. The molecule has 0 amide bonds. The Morgan fingerprint density at radius 1 is 1.25 bits per heavy atom. The quantitative estimate of drug-likeness (QED) is 0.744. The van der Waals surface area contributed by atoms with Gasteiger partial charge in [-0.3, -0.25) is 0 Å². The lowest BCUT2D eigenvalue weighted by atomic mass is 10.0. The molecule has 3 nitrogen and oxygen atoms in total. The van der Waals surface area contributed by atoms with E-state index in [9.17, 15) is 0 Å². The molecule has 1 aromatic carbocycles. The SMILES string of the molecule is CCCC(C)OCC(NCC)c1cc(C)ccc1OC. The molecule has 0 aromatic heterocycles. The zero-order chi connectivity index (χ0) is 15.0. The topological polar surface area (TPSA) is 30.5 Å². The van der Waals surface area contributed by atoms with Gasteiger partial charge in [0.25, 0.3) is 0 Å². The highest BCUT2D eigenvalue weighted by atomic mass is 16.5. The normalized spacial score (nSPS) is 14.1. The van der Waals surface area contributed by atoms with Gasteiger partial charge in [0.05, 0.1) is 25.9 Å². The fourth-order valence-electron chi connectivity index (χ4n) is 2.38. The van der Waals surface area contributed by atoms with Crippen LogP contribution in [0.1, 0.15) is 50.8 Å². The van der Waals surface area contributed by atoms with Gasteiger partial charge in [0.15, 0.2) is 0 Å². The van der Waals surface area contributed by atoms with Crippen molar-refractivity contribution in [2.45, 2.75) is 52.7 Å². The maximum Gasteiger partial charge on any atom is 0.123 e. The summed E-state index contributed by atoms with van der Waals surface area (Å²) in [6.07, 6.45) is 2.56. The van der Waals surface area contributed by atoms with E-state index in [1.54, 1.807) is 7.11 Å². The first kappa shape index (κ1) is 17.0. The van der Waals surface area contributed by atoms with E-state index in [4.69, 9.17) is 9.47 Å². The van der Waals surface area contributed by atoms with Crippen molar-refractivity contribution in [3.63, 3.8) is 0 Å². The Morgan fingerprint density at radius 2 is 2.00 bits per heavy atom. The molecule has 0 aliphatic heterocycles. The summed E-state index contributed by atoms with van der Waals surface area (Å²) < 4.78 is 11.5. The number of ether oxygens (including phenoxy) is 2. The average Bonchev–Trinajstić information content (AvgIpc) is 2.43. The van der Waals surface area contributed by atoms with Gasteiger partial charge in [0.1, 0.15) is 5.75 Å². The molecule has 0 saturated heterocycles. The van der Waals surface area contributed by atoms with Gasteiger partial charge in [-0.2, -0.15) is 0 Å². The molecule has 1 N–H and O–H groups in total. The molecular formula is C17H29NO2. The summed E-state index contributed by atoms with van der Waals surface area (Å²) in [6.45, 7) is 10.1. The molecule has 0 aliphatic rings. The summed E-state index contributed by atoms with van der Waals surface area (Å²) in [7, 11) is 1.72. The second-order valence-corrected chi connectivity index (χ2v) is 5.29. The largest absolute Gasteiger partial charge is 0.496 e. The third kappa shape index (κ3) is 5.14. The summed E-state index contributed by atoms with van der Waals surface area (Å²) in [5.41, 5.74) is 2.42. The molecule has 2 unspecified atom stereocenters. The van der Waals surface area contributed by atoms with Gasteiger partial charge in [-0.1, -0.05) is 38.0 Å². The molecule has 0 saturated carbocycles. The Hall–Kier alpha value is -1.06. The highest BCUT2D eigenvalue weighted by Crippen LogP contribution is 2.27. The van der Waals surface area contributed by atoms with Gasteiger partial charge in [0.2, 0.25) is 0 Å². The Bertz CT molecular complexity index is 393. The molecule has 0 fully saturated rings. The van der Waals surface area contributed by atoms with Crippen LogP contribution in [0.25, 0.3) is 0 Å². The molecule has 114 valence electrons. The molecule has 0 spiro atoms. The Kier molecular flexibility index (Phi) is 7.63. The summed E-state index contributed by atoms with van der Waals surface area (Å²) in [6, 6.07) is 6.46. The van der Waals surface area contributed by atoms with E-state index in [0.29, 0.717) is 12.7 Å². The second-order valence-electron chi connectivity index (χ2n) is 5.29. The molecule has 0 bridgehead atoms. The lowest BCUT2D eigenvalue weighted by Crippen LogP contribution is -2.27. The Morgan fingerprint density at radius 3 is 2.60 bits per heavy atom.